The van der Waals surface area contributed by atoms with Crippen LogP contribution in [0.25, 0.3) is 0 Å². The number of nitro benzene ring substituents is 1. The topological polar surface area (TPSA) is 145 Å². The Morgan fingerprint density at radius 3 is 2.16 bits per heavy atom. The molecule has 10 nitrogen and oxygen atoms in total. The van der Waals surface area contributed by atoms with E-state index < -0.39 is 44.9 Å². The minimum atomic E-state index is -4.00. The number of para-hydroxylation sites is 2. The van der Waals surface area contributed by atoms with E-state index in [4.69, 9.17) is 4.74 Å². The Kier molecular flexibility index (Phi) is 7.83. The Morgan fingerprint density at radius 2 is 1.58 bits per heavy atom. The van der Waals surface area contributed by atoms with Crippen LogP contribution >= 0.6 is 0 Å². The lowest BCUT2D eigenvalue weighted by atomic mass is 10.1. The van der Waals surface area contributed by atoms with Gasteiger partial charge in [-0.2, -0.15) is 4.72 Å². The van der Waals surface area contributed by atoms with Gasteiger partial charge in [-0.25, -0.2) is 8.42 Å². The first kappa shape index (κ1) is 24.0. The van der Waals surface area contributed by atoms with Gasteiger partial charge in [0, 0.05) is 6.07 Å². The maximum atomic E-state index is 12.6. The minimum Gasteiger partial charge on any atom is -0.451 e. The van der Waals surface area contributed by atoms with Gasteiger partial charge < -0.3 is 10.1 Å². The molecular weight excluding hydrogens is 426 g/mol. The molecule has 2 aromatic carbocycles. The number of sulfonamides is 1. The summed E-state index contributed by atoms with van der Waals surface area (Å²) in [4.78, 5) is 35.4. The average molecular weight is 449 g/mol. The lowest BCUT2D eigenvalue weighted by Crippen LogP contribution is -2.47. The quantitative estimate of drug-likeness (QED) is 0.340. The lowest BCUT2D eigenvalue weighted by molar-refractivity contribution is -0.383. The van der Waals surface area contributed by atoms with E-state index in [0.717, 1.165) is 0 Å². The smallest absolute Gasteiger partial charge is 0.325 e. The lowest BCUT2D eigenvalue weighted by Gasteiger charge is -2.22. The van der Waals surface area contributed by atoms with Gasteiger partial charge in [-0.15, -0.1) is 0 Å². The monoisotopic (exact) mass is 449 g/mol. The van der Waals surface area contributed by atoms with E-state index in [9.17, 15) is 28.1 Å². The molecule has 0 aromatic heterocycles. The Morgan fingerprint density at radius 1 is 1.00 bits per heavy atom. The molecule has 2 N–H and O–H groups in total. The first-order valence-electron chi connectivity index (χ1n) is 9.35. The number of hydrogen-bond donors (Lipinski definition) is 2. The fourth-order valence-corrected chi connectivity index (χ4v) is 3.92. The van der Waals surface area contributed by atoms with Gasteiger partial charge in [-0.05, 0) is 31.0 Å². The highest BCUT2D eigenvalue weighted by atomic mass is 32.2. The van der Waals surface area contributed by atoms with E-state index in [1.165, 1.54) is 43.3 Å². The Balaban J connectivity index is 2.10. The average Bonchev–Trinajstić information content (AvgIpc) is 2.72. The summed E-state index contributed by atoms with van der Waals surface area (Å²) in [5.74, 6) is -2.22. The van der Waals surface area contributed by atoms with Crippen molar-refractivity contribution in [2.24, 2.45) is 5.92 Å². The van der Waals surface area contributed by atoms with E-state index in [1.807, 2.05) is 0 Å². The number of carbonyl (C=O) groups excluding carboxylic acids is 2. The number of nitro groups is 1. The van der Waals surface area contributed by atoms with Crippen molar-refractivity contribution in [3.8, 4) is 0 Å². The van der Waals surface area contributed by atoms with Crippen molar-refractivity contribution < 1.29 is 27.7 Å². The molecule has 0 bridgehead atoms. The zero-order valence-corrected chi connectivity index (χ0v) is 18.0. The number of hydrogen-bond acceptors (Lipinski definition) is 7. The first-order chi connectivity index (χ1) is 14.5. The Bertz CT molecular complexity index is 1060. The molecule has 0 spiro atoms. The van der Waals surface area contributed by atoms with Gasteiger partial charge in [0.2, 0.25) is 10.0 Å². The molecule has 0 heterocycles. The van der Waals surface area contributed by atoms with Crippen molar-refractivity contribution in [2.75, 3.05) is 5.32 Å². The molecule has 2 atom stereocenters. The summed E-state index contributed by atoms with van der Waals surface area (Å²) in [6, 6.07) is 11.8. The number of amides is 1. The number of anilines is 1. The summed E-state index contributed by atoms with van der Waals surface area (Å²) >= 11 is 0. The maximum Gasteiger partial charge on any atom is 0.325 e. The third-order valence-electron chi connectivity index (χ3n) is 4.28. The molecule has 0 saturated heterocycles. The van der Waals surface area contributed by atoms with Crippen molar-refractivity contribution >= 4 is 33.3 Å². The van der Waals surface area contributed by atoms with Gasteiger partial charge in [-0.3, -0.25) is 19.7 Å². The van der Waals surface area contributed by atoms with Gasteiger partial charge in [0.05, 0.1) is 9.82 Å². The molecule has 166 valence electrons. The van der Waals surface area contributed by atoms with Gasteiger partial charge in [0.15, 0.2) is 6.10 Å². The third kappa shape index (κ3) is 6.33. The number of nitrogens with zero attached hydrogens (tertiary/aromatic N) is 1. The van der Waals surface area contributed by atoms with Gasteiger partial charge in [-0.1, -0.05) is 44.2 Å². The van der Waals surface area contributed by atoms with Crippen LogP contribution in [0.15, 0.2) is 59.5 Å². The second kappa shape index (κ2) is 10.1. The number of carbonyl (C=O) groups is 2. The standard InChI is InChI=1S/C20H23N3O7S/c1-13(2)18(22-31(28,29)15-9-5-4-6-10-15)20(25)30-14(3)19(24)21-16-11-7-8-12-17(16)23(26)27/h4-14,18,22H,1-3H3,(H,21,24). The highest BCUT2D eigenvalue weighted by Crippen LogP contribution is 2.23. The fourth-order valence-electron chi connectivity index (χ4n) is 2.57. The zero-order valence-electron chi connectivity index (χ0n) is 17.1. The highest BCUT2D eigenvalue weighted by Gasteiger charge is 2.32. The summed E-state index contributed by atoms with van der Waals surface area (Å²) < 4.78 is 32.5. The van der Waals surface area contributed by atoms with Crippen LogP contribution in [0, 0.1) is 16.0 Å². The van der Waals surface area contributed by atoms with Crippen molar-refractivity contribution in [1.82, 2.24) is 4.72 Å². The third-order valence-corrected chi connectivity index (χ3v) is 5.73. The molecule has 31 heavy (non-hydrogen) atoms. The summed E-state index contributed by atoms with van der Waals surface area (Å²) in [7, 11) is -4.00. The van der Waals surface area contributed by atoms with Crippen molar-refractivity contribution in [1.29, 1.82) is 0 Å². The summed E-state index contributed by atoms with van der Waals surface area (Å²) in [5.41, 5.74) is -0.365. The van der Waals surface area contributed by atoms with Crippen molar-refractivity contribution in [3.63, 3.8) is 0 Å². The molecule has 0 aliphatic heterocycles. The molecule has 11 heteroatoms. The number of nitrogens with one attached hydrogen (secondary N) is 2. The summed E-state index contributed by atoms with van der Waals surface area (Å²) in [6.07, 6.45) is -1.32. The highest BCUT2D eigenvalue weighted by molar-refractivity contribution is 7.89. The van der Waals surface area contributed by atoms with E-state index in [-0.39, 0.29) is 16.3 Å². The Hall–Kier alpha value is -3.31. The van der Waals surface area contributed by atoms with E-state index in [2.05, 4.69) is 10.0 Å². The summed E-state index contributed by atoms with van der Waals surface area (Å²) in [5, 5.41) is 13.4. The largest absolute Gasteiger partial charge is 0.451 e. The summed E-state index contributed by atoms with van der Waals surface area (Å²) in [6.45, 7) is 4.53. The van der Waals surface area contributed by atoms with Crippen molar-refractivity contribution in [3.05, 3.63) is 64.7 Å². The predicted octanol–water partition coefficient (Wildman–Crippen LogP) is 2.47. The molecule has 0 saturated carbocycles. The number of ether oxygens (including phenoxy) is 1. The molecule has 0 radical (unpaired) electrons. The molecule has 2 aromatic rings. The van der Waals surface area contributed by atoms with E-state index in [0.29, 0.717) is 0 Å². The maximum absolute atomic E-state index is 12.6. The van der Waals surface area contributed by atoms with Crippen LogP contribution in [-0.4, -0.2) is 37.4 Å². The van der Waals surface area contributed by atoms with Gasteiger partial charge in [0.25, 0.3) is 11.6 Å². The fraction of sp³-hybridized carbons (Fsp3) is 0.300. The normalized spacial score (nSPS) is 13.3. The second-order valence-corrected chi connectivity index (χ2v) is 8.71. The molecule has 1 amide bonds. The molecule has 2 unspecified atom stereocenters. The van der Waals surface area contributed by atoms with Crippen LogP contribution in [0.3, 0.4) is 0 Å². The first-order valence-corrected chi connectivity index (χ1v) is 10.8. The Labute approximate surface area is 179 Å². The molecular formula is C20H23N3O7S. The molecule has 2 rings (SSSR count). The van der Waals surface area contributed by atoms with Crippen LogP contribution in [-0.2, 0) is 24.3 Å². The zero-order chi connectivity index (χ0) is 23.2. The van der Waals surface area contributed by atoms with Crippen LogP contribution < -0.4 is 10.0 Å². The molecule has 0 aliphatic rings. The minimum absolute atomic E-state index is 0.0179. The second-order valence-electron chi connectivity index (χ2n) is 7.00. The van der Waals surface area contributed by atoms with Gasteiger partial charge >= 0.3 is 5.97 Å². The molecule has 0 aliphatic carbocycles. The van der Waals surface area contributed by atoms with Crippen LogP contribution in [0.5, 0.6) is 0 Å². The number of rotatable bonds is 9. The van der Waals surface area contributed by atoms with Crippen LogP contribution in [0.4, 0.5) is 11.4 Å². The number of esters is 1. The van der Waals surface area contributed by atoms with Crippen molar-refractivity contribution in [2.45, 2.75) is 37.8 Å². The van der Waals surface area contributed by atoms with E-state index >= 15 is 0 Å². The SMILES string of the molecule is CC(OC(=O)C(NS(=O)(=O)c1ccccc1)C(C)C)C(=O)Nc1ccccc1[N+](=O)[O-]. The van der Waals surface area contributed by atoms with Crippen LogP contribution in [0.1, 0.15) is 20.8 Å². The number of benzene rings is 2. The predicted molar refractivity (Wildman–Crippen MR) is 113 cm³/mol. The van der Waals surface area contributed by atoms with E-state index in [1.54, 1.807) is 32.0 Å². The molecule has 0 fully saturated rings. The van der Waals surface area contributed by atoms with Gasteiger partial charge in [0.1, 0.15) is 11.7 Å². The van der Waals surface area contributed by atoms with Crippen LogP contribution in [0.2, 0.25) is 0 Å².